The molecule has 0 saturated carbocycles. The Bertz CT molecular complexity index is 831. The highest BCUT2D eigenvalue weighted by molar-refractivity contribution is 6.33. The minimum absolute atomic E-state index is 0.495. The summed E-state index contributed by atoms with van der Waals surface area (Å²) in [6.07, 6.45) is 1.77. The van der Waals surface area contributed by atoms with Gasteiger partial charge in [-0.15, -0.1) is 0 Å². The van der Waals surface area contributed by atoms with Crippen LogP contribution in [0.2, 0.25) is 5.02 Å². The molecule has 1 aromatic heterocycles. The van der Waals surface area contributed by atoms with E-state index in [1.165, 1.54) is 0 Å². The molecular formula is C18H19ClN2O. The van der Waals surface area contributed by atoms with Crippen molar-refractivity contribution in [3.8, 4) is 11.1 Å². The van der Waals surface area contributed by atoms with Gasteiger partial charge in [0, 0.05) is 10.6 Å². The number of benzene rings is 2. The zero-order chi connectivity index (χ0) is 15.9. The van der Waals surface area contributed by atoms with Gasteiger partial charge in [-0.3, -0.25) is 0 Å². The SMILES string of the molecule is Cc1ccc(-c2ccc3ncn(CC(C)(C)O)c3c2)c(Cl)c1. The highest BCUT2D eigenvalue weighted by Gasteiger charge is 2.15. The summed E-state index contributed by atoms with van der Waals surface area (Å²) in [7, 11) is 0. The molecule has 0 unspecified atom stereocenters. The van der Waals surface area contributed by atoms with Gasteiger partial charge < -0.3 is 9.67 Å². The number of rotatable bonds is 3. The van der Waals surface area contributed by atoms with E-state index in [0.29, 0.717) is 6.54 Å². The van der Waals surface area contributed by atoms with Crippen LogP contribution >= 0.6 is 11.6 Å². The number of hydrogen-bond acceptors (Lipinski definition) is 2. The van der Waals surface area contributed by atoms with Gasteiger partial charge in [0.2, 0.25) is 0 Å². The predicted molar refractivity (Wildman–Crippen MR) is 91.2 cm³/mol. The summed E-state index contributed by atoms with van der Waals surface area (Å²) in [4.78, 5) is 4.39. The van der Waals surface area contributed by atoms with Gasteiger partial charge >= 0.3 is 0 Å². The highest BCUT2D eigenvalue weighted by Crippen LogP contribution is 2.31. The van der Waals surface area contributed by atoms with Crippen molar-refractivity contribution >= 4 is 22.6 Å². The molecule has 0 radical (unpaired) electrons. The first kappa shape index (κ1) is 15.1. The molecule has 3 rings (SSSR count). The Morgan fingerprint density at radius 2 is 1.95 bits per heavy atom. The number of aliphatic hydroxyl groups is 1. The second-order valence-corrected chi connectivity index (χ2v) is 6.78. The summed E-state index contributed by atoms with van der Waals surface area (Å²) >= 11 is 6.37. The molecule has 0 fully saturated rings. The van der Waals surface area contributed by atoms with Gasteiger partial charge in [-0.1, -0.05) is 29.8 Å². The summed E-state index contributed by atoms with van der Waals surface area (Å²) in [5, 5.41) is 10.8. The molecule has 0 saturated heterocycles. The van der Waals surface area contributed by atoms with Crippen LogP contribution in [0.5, 0.6) is 0 Å². The number of halogens is 1. The minimum atomic E-state index is -0.787. The van der Waals surface area contributed by atoms with E-state index in [4.69, 9.17) is 11.6 Å². The lowest BCUT2D eigenvalue weighted by molar-refractivity contribution is 0.0627. The number of fused-ring (bicyclic) bond motifs is 1. The summed E-state index contributed by atoms with van der Waals surface area (Å²) in [6, 6.07) is 12.1. The van der Waals surface area contributed by atoms with Gasteiger partial charge in [0.05, 0.1) is 29.5 Å². The smallest absolute Gasteiger partial charge is 0.0959 e. The molecule has 0 aliphatic heterocycles. The van der Waals surface area contributed by atoms with E-state index >= 15 is 0 Å². The lowest BCUT2D eigenvalue weighted by atomic mass is 10.0. The molecule has 4 heteroatoms. The van der Waals surface area contributed by atoms with Crippen LogP contribution in [0.25, 0.3) is 22.2 Å². The Balaban J connectivity index is 2.10. The van der Waals surface area contributed by atoms with Crippen LogP contribution in [0, 0.1) is 6.92 Å². The molecule has 0 aliphatic rings. The van der Waals surface area contributed by atoms with Crippen molar-refractivity contribution in [3.63, 3.8) is 0 Å². The lowest BCUT2D eigenvalue weighted by Crippen LogP contribution is -2.25. The first-order valence-electron chi connectivity index (χ1n) is 7.27. The molecule has 0 bridgehead atoms. The normalized spacial score (nSPS) is 12.0. The van der Waals surface area contributed by atoms with E-state index in [1.54, 1.807) is 20.2 Å². The molecule has 0 aliphatic carbocycles. The van der Waals surface area contributed by atoms with E-state index in [-0.39, 0.29) is 0 Å². The number of nitrogens with zero attached hydrogens (tertiary/aromatic N) is 2. The second kappa shape index (κ2) is 5.41. The summed E-state index contributed by atoms with van der Waals surface area (Å²) in [6.45, 7) is 6.10. The van der Waals surface area contributed by atoms with Crippen molar-refractivity contribution in [1.82, 2.24) is 9.55 Å². The number of imidazole rings is 1. The van der Waals surface area contributed by atoms with Gasteiger partial charge in [0.25, 0.3) is 0 Å². The quantitative estimate of drug-likeness (QED) is 0.776. The summed E-state index contributed by atoms with van der Waals surface area (Å²) in [5.74, 6) is 0. The van der Waals surface area contributed by atoms with E-state index in [9.17, 15) is 5.11 Å². The number of aromatic nitrogens is 2. The third-order valence-electron chi connectivity index (χ3n) is 3.61. The average Bonchev–Trinajstić information content (AvgIpc) is 2.79. The van der Waals surface area contributed by atoms with Crippen molar-refractivity contribution in [3.05, 3.63) is 53.3 Å². The van der Waals surface area contributed by atoms with Gasteiger partial charge in [0.1, 0.15) is 0 Å². The maximum absolute atomic E-state index is 10.0. The molecule has 0 amide bonds. The molecule has 2 aromatic carbocycles. The fourth-order valence-electron chi connectivity index (χ4n) is 2.62. The Hall–Kier alpha value is -1.84. The summed E-state index contributed by atoms with van der Waals surface area (Å²) in [5.41, 5.74) is 4.32. The third kappa shape index (κ3) is 3.01. The van der Waals surface area contributed by atoms with Gasteiger partial charge in [-0.25, -0.2) is 4.98 Å². The third-order valence-corrected chi connectivity index (χ3v) is 3.93. The highest BCUT2D eigenvalue weighted by atomic mass is 35.5. The van der Waals surface area contributed by atoms with Crippen LogP contribution in [-0.2, 0) is 6.54 Å². The molecule has 0 spiro atoms. The Labute approximate surface area is 135 Å². The van der Waals surface area contributed by atoms with Crippen molar-refractivity contribution in [1.29, 1.82) is 0 Å². The van der Waals surface area contributed by atoms with Crippen LogP contribution in [0.15, 0.2) is 42.7 Å². The fraction of sp³-hybridized carbons (Fsp3) is 0.278. The molecule has 22 heavy (non-hydrogen) atoms. The molecule has 114 valence electrons. The van der Waals surface area contributed by atoms with Crippen molar-refractivity contribution in [2.24, 2.45) is 0 Å². The lowest BCUT2D eigenvalue weighted by Gasteiger charge is -2.18. The first-order chi connectivity index (χ1) is 10.3. The zero-order valence-corrected chi connectivity index (χ0v) is 13.7. The van der Waals surface area contributed by atoms with Crippen LogP contribution in [0.3, 0.4) is 0 Å². The van der Waals surface area contributed by atoms with Crippen LogP contribution in [0.1, 0.15) is 19.4 Å². The van der Waals surface area contributed by atoms with Gasteiger partial charge in [-0.05, 0) is 50.1 Å². The fourth-order valence-corrected chi connectivity index (χ4v) is 2.97. The molecular weight excluding hydrogens is 296 g/mol. The maximum atomic E-state index is 10.0. The van der Waals surface area contributed by atoms with E-state index in [0.717, 1.165) is 32.7 Å². The predicted octanol–water partition coefficient (Wildman–Crippen LogP) is 4.44. The molecule has 0 atom stereocenters. The molecule has 3 nitrogen and oxygen atoms in total. The second-order valence-electron chi connectivity index (χ2n) is 6.37. The molecule has 1 heterocycles. The minimum Gasteiger partial charge on any atom is -0.389 e. The van der Waals surface area contributed by atoms with Crippen molar-refractivity contribution in [2.45, 2.75) is 32.9 Å². The summed E-state index contributed by atoms with van der Waals surface area (Å²) < 4.78 is 1.97. The standard InChI is InChI=1S/C18H19ClN2O/c1-12-4-6-14(15(19)8-12)13-5-7-16-17(9-13)21(11-20-16)10-18(2,3)22/h4-9,11,22H,10H2,1-3H3. The molecule has 1 N–H and O–H groups in total. The van der Waals surface area contributed by atoms with E-state index in [2.05, 4.69) is 17.1 Å². The van der Waals surface area contributed by atoms with E-state index in [1.807, 2.05) is 35.8 Å². The van der Waals surface area contributed by atoms with Crippen molar-refractivity contribution in [2.75, 3.05) is 0 Å². The number of aryl methyl sites for hydroxylation is 1. The first-order valence-corrected chi connectivity index (χ1v) is 7.65. The van der Waals surface area contributed by atoms with E-state index < -0.39 is 5.60 Å². The topological polar surface area (TPSA) is 38.0 Å². The molecule has 3 aromatic rings. The Kier molecular flexibility index (Phi) is 3.71. The monoisotopic (exact) mass is 314 g/mol. The maximum Gasteiger partial charge on any atom is 0.0959 e. The van der Waals surface area contributed by atoms with Crippen LogP contribution in [0.4, 0.5) is 0 Å². The van der Waals surface area contributed by atoms with Gasteiger partial charge in [0.15, 0.2) is 0 Å². The van der Waals surface area contributed by atoms with Gasteiger partial charge in [-0.2, -0.15) is 0 Å². The zero-order valence-electron chi connectivity index (χ0n) is 13.0. The largest absolute Gasteiger partial charge is 0.389 e. The number of hydrogen-bond donors (Lipinski definition) is 1. The van der Waals surface area contributed by atoms with Crippen LogP contribution in [-0.4, -0.2) is 20.3 Å². The average molecular weight is 315 g/mol. The van der Waals surface area contributed by atoms with Crippen LogP contribution < -0.4 is 0 Å². The Morgan fingerprint density at radius 3 is 2.64 bits per heavy atom. The Morgan fingerprint density at radius 1 is 1.18 bits per heavy atom. The van der Waals surface area contributed by atoms with Crippen molar-refractivity contribution < 1.29 is 5.11 Å².